The van der Waals surface area contributed by atoms with Gasteiger partial charge in [-0.15, -0.1) is 0 Å². The number of Topliss-reactive ketones (excluding diaryl/α,β-unsaturated/α-hetero) is 1. The standard InChI is InChI=1S/C14H20ClN3OS/c1-14(2,3)17-13(18(4)16)20-9-12(19)10-5-7-11(15)8-6-10/h5-8H,9,16H2,1-4H3. The van der Waals surface area contributed by atoms with E-state index in [9.17, 15) is 4.79 Å². The lowest BCUT2D eigenvalue weighted by atomic mass is 10.1. The van der Waals surface area contributed by atoms with Crippen LogP contribution in [0, 0.1) is 0 Å². The second-order valence-corrected chi connectivity index (χ2v) is 6.77. The highest BCUT2D eigenvalue weighted by molar-refractivity contribution is 8.14. The molecule has 4 nitrogen and oxygen atoms in total. The van der Waals surface area contributed by atoms with Gasteiger partial charge in [-0.1, -0.05) is 23.4 Å². The number of nitrogens with zero attached hydrogens (tertiary/aromatic N) is 2. The minimum atomic E-state index is -0.237. The largest absolute Gasteiger partial charge is 0.293 e. The van der Waals surface area contributed by atoms with Crippen molar-refractivity contribution in [3.63, 3.8) is 0 Å². The van der Waals surface area contributed by atoms with Crippen molar-refractivity contribution in [3.8, 4) is 0 Å². The van der Waals surface area contributed by atoms with Crippen molar-refractivity contribution in [2.75, 3.05) is 12.8 Å². The van der Waals surface area contributed by atoms with Crippen LogP contribution in [0.4, 0.5) is 0 Å². The van der Waals surface area contributed by atoms with Gasteiger partial charge in [0.25, 0.3) is 0 Å². The predicted molar refractivity (Wildman–Crippen MR) is 87.4 cm³/mol. The van der Waals surface area contributed by atoms with Crippen molar-refractivity contribution >= 4 is 34.3 Å². The third kappa shape index (κ3) is 5.94. The number of carbonyl (C=O) groups is 1. The molecule has 1 aromatic rings. The summed E-state index contributed by atoms with van der Waals surface area (Å²) in [7, 11) is 1.71. The van der Waals surface area contributed by atoms with E-state index in [1.165, 1.54) is 16.8 Å². The Hall–Kier alpha value is -1.04. The van der Waals surface area contributed by atoms with Crippen LogP contribution in [0.3, 0.4) is 0 Å². The molecule has 0 aliphatic rings. The van der Waals surface area contributed by atoms with E-state index in [4.69, 9.17) is 17.4 Å². The minimum absolute atomic E-state index is 0.0233. The van der Waals surface area contributed by atoms with E-state index >= 15 is 0 Å². The molecule has 0 fully saturated rings. The maximum absolute atomic E-state index is 12.1. The highest BCUT2D eigenvalue weighted by atomic mass is 35.5. The zero-order valence-corrected chi connectivity index (χ0v) is 13.8. The molecule has 0 unspecified atom stereocenters. The number of halogens is 1. The average Bonchev–Trinajstić information content (AvgIpc) is 2.33. The topological polar surface area (TPSA) is 58.7 Å². The van der Waals surface area contributed by atoms with E-state index in [1.807, 2.05) is 20.8 Å². The van der Waals surface area contributed by atoms with Crippen molar-refractivity contribution in [1.29, 1.82) is 0 Å². The third-order valence-corrected chi connectivity index (χ3v) is 3.53. The molecule has 0 heterocycles. The molecule has 0 amide bonds. The second-order valence-electron chi connectivity index (χ2n) is 5.39. The Morgan fingerprint density at radius 2 is 1.90 bits per heavy atom. The van der Waals surface area contributed by atoms with Crippen molar-refractivity contribution < 1.29 is 4.79 Å². The van der Waals surface area contributed by atoms with Gasteiger partial charge in [-0.3, -0.25) is 14.8 Å². The lowest BCUT2D eigenvalue weighted by Crippen LogP contribution is -2.34. The summed E-state index contributed by atoms with van der Waals surface area (Å²) in [5, 5.41) is 2.69. The lowest BCUT2D eigenvalue weighted by Gasteiger charge is -2.20. The Bertz CT molecular complexity index is 492. The van der Waals surface area contributed by atoms with Gasteiger partial charge in [-0.25, -0.2) is 5.84 Å². The average molecular weight is 314 g/mol. The fourth-order valence-electron chi connectivity index (χ4n) is 1.35. The van der Waals surface area contributed by atoms with Gasteiger partial charge in [0.05, 0.1) is 11.3 Å². The lowest BCUT2D eigenvalue weighted by molar-refractivity contribution is 0.102. The molecule has 6 heteroatoms. The van der Waals surface area contributed by atoms with Crippen molar-refractivity contribution in [3.05, 3.63) is 34.9 Å². The van der Waals surface area contributed by atoms with Gasteiger partial charge in [0.2, 0.25) is 0 Å². The number of hydrazine groups is 1. The van der Waals surface area contributed by atoms with E-state index in [1.54, 1.807) is 31.3 Å². The van der Waals surface area contributed by atoms with Crippen LogP contribution in [-0.2, 0) is 0 Å². The van der Waals surface area contributed by atoms with Gasteiger partial charge in [0.15, 0.2) is 11.0 Å². The smallest absolute Gasteiger partial charge is 0.174 e. The van der Waals surface area contributed by atoms with Crippen LogP contribution < -0.4 is 5.84 Å². The Morgan fingerprint density at radius 1 is 1.35 bits per heavy atom. The number of nitrogens with two attached hydrogens (primary N) is 1. The third-order valence-electron chi connectivity index (χ3n) is 2.23. The Balaban J connectivity index is 2.71. The van der Waals surface area contributed by atoms with Gasteiger partial charge in [-0.2, -0.15) is 0 Å². The molecule has 0 radical (unpaired) electrons. The summed E-state index contributed by atoms with van der Waals surface area (Å²) in [6, 6.07) is 6.85. The van der Waals surface area contributed by atoms with Crippen LogP contribution in [0.5, 0.6) is 0 Å². The number of hydrogen-bond donors (Lipinski definition) is 1. The second kappa shape index (κ2) is 7.11. The summed E-state index contributed by atoms with van der Waals surface area (Å²) >= 11 is 7.13. The first-order valence-electron chi connectivity index (χ1n) is 6.19. The van der Waals surface area contributed by atoms with Crippen LogP contribution in [0.25, 0.3) is 0 Å². The molecule has 0 spiro atoms. The molecule has 110 valence electrons. The number of ketones is 1. The van der Waals surface area contributed by atoms with Crippen LogP contribution in [0.2, 0.25) is 5.02 Å². The van der Waals surface area contributed by atoms with Crippen LogP contribution in [0.1, 0.15) is 31.1 Å². The van der Waals surface area contributed by atoms with E-state index in [-0.39, 0.29) is 17.1 Å². The molecule has 0 atom stereocenters. The molecule has 20 heavy (non-hydrogen) atoms. The maximum Gasteiger partial charge on any atom is 0.174 e. The summed E-state index contributed by atoms with van der Waals surface area (Å²) < 4.78 is 0. The summed E-state index contributed by atoms with van der Waals surface area (Å²) in [4.78, 5) is 16.6. The Morgan fingerprint density at radius 3 is 2.35 bits per heavy atom. The van der Waals surface area contributed by atoms with Gasteiger partial charge < -0.3 is 0 Å². The Kier molecular flexibility index (Phi) is 6.05. The molecule has 0 saturated carbocycles. The first-order chi connectivity index (χ1) is 9.19. The minimum Gasteiger partial charge on any atom is -0.293 e. The zero-order chi connectivity index (χ0) is 15.3. The number of aliphatic imine (C=N–C) groups is 1. The van der Waals surface area contributed by atoms with E-state index in [0.29, 0.717) is 15.8 Å². The maximum atomic E-state index is 12.1. The number of amidine groups is 1. The van der Waals surface area contributed by atoms with Gasteiger partial charge in [0.1, 0.15) is 0 Å². The molecule has 1 rings (SSSR count). The molecular formula is C14H20ClN3OS. The van der Waals surface area contributed by atoms with Gasteiger partial charge in [-0.05, 0) is 45.0 Å². The molecule has 2 N–H and O–H groups in total. The highest BCUT2D eigenvalue weighted by Crippen LogP contribution is 2.16. The normalized spacial score (nSPS) is 12.4. The molecular weight excluding hydrogens is 294 g/mol. The summed E-state index contributed by atoms with van der Waals surface area (Å²) in [6.45, 7) is 5.95. The van der Waals surface area contributed by atoms with E-state index in [2.05, 4.69) is 4.99 Å². The first kappa shape index (κ1) is 17.0. The fraction of sp³-hybridized carbons (Fsp3) is 0.429. The molecule has 0 saturated heterocycles. The summed E-state index contributed by atoms with van der Waals surface area (Å²) in [5.41, 5.74) is 0.399. The molecule has 1 aromatic carbocycles. The number of benzene rings is 1. The molecule has 0 aromatic heterocycles. The van der Waals surface area contributed by atoms with Crippen molar-refractivity contribution in [2.24, 2.45) is 10.8 Å². The SMILES string of the molecule is CN(N)C(=NC(C)(C)C)SCC(=O)c1ccc(Cl)cc1. The molecule has 0 bridgehead atoms. The summed E-state index contributed by atoms with van der Waals surface area (Å²) in [6.07, 6.45) is 0. The highest BCUT2D eigenvalue weighted by Gasteiger charge is 2.14. The van der Waals surface area contributed by atoms with Crippen LogP contribution in [0.15, 0.2) is 29.3 Å². The molecule has 0 aliphatic heterocycles. The monoisotopic (exact) mass is 313 g/mol. The van der Waals surface area contributed by atoms with E-state index in [0.717, 1.165) is 0 Å². The number of hydrogen-bond acceptors (Lipinski definition) is 4. The quantitative estimate of drug-likeness (QED) is 0.306. The van der Waals surface area contributed by atoms with Gasteiger partial charge >= 0.3 is 0 Å². The molecule has 0 aliphatic carbocycles. The fourth-order valence-corrected chi connectivity index (χ4v) is 2.44. The van der Waals surface area contributed by atoms with Crippen molar-refractivity contribution in [1.82, 2.24) is 5.01 Å². The Labute approximate surface area is 129 Å². The number of carbonyl (C=O) groups excluding carboxylic acids is 1. The summed E-state index contributed by atoms with van der Waals surface area (Å²) in [5.74, 6) is 6.05. The number of thioether (sulfide) groups is 1. The predicted octanol–water partition coefficient (Wildman–Crippen LogP) is 3.22. The van der Waals surface area contributed by atoms with Crippen molar-refractivity contribution in [2.45, 2.75) is 26.3 Å². The first-order valence-corrected chi connectivity index (χ1v) is 7.55. The van der Waals surface area contributed by atoms with Crippen LogP contribution in [-0.4, -0.2) is 34.3 Å². The van der Waals surface area contributed by atoms with Crippen LogP contribution >= 0.6 is 23.4 Å². The number of rotatable bonds is 3. The van der Waals surface area contributed by atoms with E-state index < -0.39 is 0 Å². The zero-order valence-electron chi connectivity index (χ0n) is 12.2. The van der Waals surface area contributed by atoms with Gasteiger partial charge in [0, 0.05) is 17.6 Å².